The second-order valence-corrected chi connectivity index (χ2v) is 28.6. The molecule has 2 fully saturated rings. The van der Waals surface area contributed by atoms with Crippen LogP contribution in [0.2, 0.25) is 0 Å². The molecule has 0 N–H and O–H groups in total. The third-order valence-electron chi connectivity index (χ3n) is 26.4. The van der Waals surface area contributed by atoms with Gasteiger partial charge in [-0.15, -0.1) is 0 Å². The maximum atomic E-state index is 3.00. The van der Waals surface area contributed by atoms with E-state index in [4.69, 9.17) is 0 Å². The largest absolute Gasteiger partial charge is 1.00 e. The standard InChI is InChI=1S/C66H36N2.2HI/c1-15-22-19-9-18-16-7-6-8-17-24-21-10-20-23(16)31-25(18)49-29(19)60-52-30(22)42-48-41-45-38-35(28(17)59-51(45)50(42)58(15)64(59)11-67(2,3)12-64)32(24)36-33-27(21)26(20)34-43(31)53-54-44(34)37(33)46-39(36)40(38)47(41)56-55(46)62(54)66(63(56)57(48)52)14-68(4,5)13-65(60,66)61(49)53;;/h7-9,15,22,30,53,58,61H,6,10-14H2,1-5H3;2*1H/q+2;;/p-2. The number of halogens is 2. The van der Waals surface area contributed by atoms with Gasteiger partial charge in [-0.1, -0.05) is 19.1 Å². The number of likely N-dealkylation sites (tertiary alicyclic amines) is 2. The molecule has 3 spiro atoms. The first-order chi connectivity index (χ1) is 33.2. The Morgan fingerprint density at radius 3 is 1.89 bits per heavy atom. The Labute approximate surface area is 431 Å². The van der Waals surface area contributed by atoms with E-state index in [0.717, 1.165) is 21.8 Å². The summed E-state index contributed by atoms with van der Waals surface area (Å²) < 4.78 is 2.27. The lowest BCUT2D eigenvalue weighted by Crippen LogP contribution is -3.00. The Bertz CT molecular complexity index is 5730. The van der Waals surface area contributed by atoms with E-state index in [1.165, 1.54) is 26.2 Å². The van der Waals surface area contributed by atoms with E-state index in [1.807, 2.05) is 83.1 Å². The minimum Gasteiger partial charge on any atom is -1.00 e. The van der Waals surface area contributed by atoms with E-state index in [-0.39, 0.29) is 64.2 Å². The van der Waals surface area contributed by atoms with Gasteiger partial charge in [-0.3, -0.25) is 0 Å². The molecule has 0 radical (unpaired) electrons. The van der Waals surface area contributed by atoms with E-state index in [0.29, 0.717) is 35.5 Å². The second-order valence-electron chi connectivity index (χ2n) is 28.6. The lowest BCUT2D eigenvalue weighted by atomic mass is 9.43. The van der Waals surface area contributed by atoms with Gasteiger partial charge in [0, 0.05) is 23.7 Å². The maximum absolute atomic E-state index is 3.00. The molecule has 2 nitrogen and oxygen atoms in total. The lowest BCUT2D eigenvalue weighted by molar-refractivity contribution is -0.943. The van der Waals surface area contributed by atoms with Crippen molar-refractivity contribution < 1.29 is 56.9 Å². The molecule has 12 aliphatic carbocycles. The molecule has 28 rings (SSSR count). The zero-order valence-electron chi connectivity index (χ0n) is 39.1. The highest BCUT2D eigenvalue weighted by Crippen LogP contribution is 2.90. The van der Waals surface area contributed by atoms with Gasteiger partial charge < -0.3 is 56.9 Å². The first kappa shape index (κ1) is 33.2. The molecule has 8 atom stereocenters. The van der Waals surface area contributed by atoms with E-state index in [1.54, 1.807) is 151 Å². The number of quaternary nitrogens is 2. The van der Waals surface area contributed by atoms with Gasteiger partial charge in [-0.05, 0) is 265 Å². The molecule has 14 aromatic rings. The van der Waals surface area contributed by atoms with Crippen LogP contribution in [0.25, 0.3) is 163 Å². The molecule has 2 heterocycles. The van der Waals surface area contributed by atoms with Crippen LogP contribution >= 0.6 is 0 Å². The first-order valence-electron chi connectivity index (χ1n) is 26.9. The van der Waals surface area contributed by atoms with Crippen LogP contribution in [0.1, 0.15) is 115 Å². The highest BCUT2D eigenvalue weighted by molar-refractivity contribution is 6.65. The zero-order chi connectivity index (χ0) is 42.2. The average Bonchev–Trinajstić information content (AvgIpc) is 4.33. The summed E-state index contributed by atoms with van der Waals surface area (Å²) in [7, 11) is 10.6. The van der Waals surface area contributed by atoms with Crippen molar-refractivity contribution in [3.8, 4) is 0 Å². The summed E-state index contributed by atoms with van der Waals surface area (Å²) >= 11 is 0. The Morgan fingerprint density at radius 2 is 1.09 bits per heavy atom. The lowest BCUT2D eigenvalue weighted by Gasteiger charge is -2.59. The van der Waals surface area contributed by atoms with Crippen molar-refractivity contribution in [2.45, 2.75) is 60.2 Å². The number of rotatable bonds is 0. The minimum absolute atomic E-state index is 0. The summed E-state index contributed by atoms with van der Waals surface area (Å²) in [5, 5.41) is 48.7. The highest BCUT2D eigenvalue weighted by atomic mass is 127. The van der Waals surface area contributed by atoms with Crippen molar-refractivity contribution in [2.24, 2.45) is 11.3 Å². The molecule has 2 aliphatic heterocycles. The molecule has 0 amide bonds. The fourth-order valence-electron chi connectivity index (χ4n) is 27.0. The van der Waals surface area contributed by atoms with Crippen molar-refractivity contribution in [1.82, 2.24) is 0 Å². The number of hydrogen-bond donors (Lipinski definition) is 0. The molecular weight excluding hydrogens is 1070 g/mol. The SMILES string of the molecule is CC1C2c3cc4c5c6c7c8c9c%10c6c4c4c3C3=C6c%11c%12c%13c%14c%15c(c9c9c%16c8c(c8c(c%17c%18c%19c(c(c%11c%11c%19c%19c%17c8c%16c(c%149)c%19c%13%11)C62)C1C%181C[N+](C)(C)C1)=CCC=5)C7)C%10C4C31C[N+](C)(C)CC%12%151.[I-].[I-]. The predicted molar refractivity (Wildman–Crippen MR) is 276 cm³/mol. The first-order valence-corrected chi connectivity index (χ1v) is 26.9. The monoisotopic (exact) mass is 1110 g/mol. The van der Waals surface area contributed by atoms with E-state index >= 15 is 0 Å². The number of nitrogens with zero attached hydrogens (tertiary/aromatic N) is 2. The van der Waals surface area contributed by atoms with Crippen LogP contribution in [-0.2, 0) is 17.3 Å². The van der Waals surface area contributed by atoms with Crippen LogP contribution in [0.15, 0.2) is 6.07 Å². The van der Waals surface area contributed by atoms with Gasteiger partial charge in [0.15, 0.2) is 0 Å². The summed E-state index contributed by atoms with van der Waals surface area (Å²) in [5.41, 5.74) is 28.1. The summed E-state index contributed by atoms with van der Waals surface area (Å²) in [6.07, 6.45) is 7.80. The molecule has 14 aromatic carbocycles. The Hall–Kier alpha value is -4.60. The predicted octanol–water partition coefficient (Wildman–Crippen LogP) is 5.80. The number of allylic oxidation sites excluding steroid dienone is 1. The topological polar surface area (TPSA) is 0 Å². The molecule has 14 aliphatic rings. The molecule has 0 saturated carbocycles. The van der Waals surface area contributed by atoms with Crippen molar-refractivity contribution >= 4 is 163 Å². The van der Waals surface area contributed by atoms with Crippen molar-refractivity contribution in [1.29, 1.82) is 0 Å². The summed E-state index contributed by atoms with van der Waals surface area (Å²) in [6.45, 7) is 7.91. The van der Waals surface area contributed by atoms with E-state index < -0.39 is 0 Å². The molecule has 4 heteroatoms. The maximum Gasteiger partial charge on any atom is 0.102 e. The van der Waals surface area contributed by atoms with Crippen LogP contribution in [0.3, 0.4) is 0 Å². The highest BCUT2D eigenvalue weighted by Gasteiger charge is 2.83. The van der Waals surface area contributed by atoms with Gasteiger partial charge in [0.05, 0.1) is 65.2 Å². The Morgan fingerprint density at radius 1 is 0.471 bits per heavy atom. The van der Waals surface area contributed by atoms with Gasteiger partial charge in [0.2, 0.25) is 0 Å². The minimum atomic E-state index is -0.0206. The zero-order valence-corrected chi connectivity index (χ0v) is 43.4. The van der Waals surface area contributed by atoms with Gasteiger partial charge in [-0.2, -0.15) is 0 Å². The summed E-state index contributed by atoms with van der Waals surface area (Å²) in [6, 6.07) is 3.00. The molecule has 70 heavy (non-hydrogen) atoms. The molecule has 2 saturated heterocycles. The Balaban J connectivity index is 0.00000167. The van der Waals surface area contributed by atoms with Crippen LogP contribution in [0, 0.1) is 11.3 Å². The van der Waals surface area contributed by atoms with Crippen LogP contribution in [0.5, 0.6) is 0 Å². The smallest absolute Gasteiger partial charge is 0.102 e. The quantitative estimate of drug-likeness (QED) is 0.103. The number of hydrogen-bond acceptors (Lipinski definition) is 0. The van der Waals surface area contributed by atoms with Crippen molar-refractivity contribution in [2.75, 3.05) is 54.4 Å². The van der Waals surface area contributed by atoms with Crippen molar-refractivity contribution in [3.63, 3.8) is 0 Å². The van der Waals surface area contributed by atoms with Gasteiger partial charge >= 0.3 is 0 Å². The van der Waals surface area contributed by atoms with Gasteiger partial charge in [0.1, 0.15) is 5.41 Å². The second kappa shape index (κ2) is 7.87. The van der Waals surface area contributed by atoms with E-state index in [2.05, 4.69) is 53.3 Å². The molecular formula is C66H36I2N2. The number of benzene rings is 10. The molecule has 2 bridgehead atoms. The third-order valence-corrected chi connectivity index (χ3v) is 26.4. The van der Waals surface area contributed by atoms with Crippen molar-refractivity contribution in [3.05, 3.63) is 88.8 Å². The van der Waals surface area contributed by atoms with Crippen LogP contribution in [-0.4, -0.2) is 63.3 Å². The normalized spacial score (nSPS) is 33.3. The van der Waals surface area contributed by atoms with Crippen LogP contribution in [0.4, 0.5) is 0 Å². The number of fused-ring (bicyclic) bond motifs is 6. The summed E-state index contributed by atoms with van der Waals surface area (Å²) in [4.78, 5) is 0. The average molecular weight is 1110 g/mol. The fraction of sp³-hybridized carbons (Fsp3) is 0.303. The van der Waals surface area contributed by atoms with Gasteiger partial charge in [0.25, 0.3) is 0 Å². The summed E-state index contributed by atoms with van der Waals surface area (Å²) in [5.74, 6) is 3.05. The molecule has 0 aromatic heterocycles. The van der Waals surface area contributed by atoms with Gasteiger partial charge in [-0.25, -0.2) is 0 Å². The van der Waals surface area contributed by atoms with E-state index in [9.17, 15) is 0 Å². The molecule has 8 unspecified atom stereocenters. The fourth-order valence-corrected chi connectivity index (χ4v) is 27.0. The Kier molecular flexibility index (Phi) is 3.73. The molecule has 324 valence electrons. The number of likely N-dealkylation sites (N-methyl/N-ethyl adjacent to an activating group) is 2. The third kappa shape index (κ3) is 2.06. The van der Waals surface area contributed by atoms with Crippen LogP contribution < -0.4 is 58.4 Å².